The first-order chi connectivity index (χ1) is 12.3. The lowest BCUT2D eigenvalue weighted by molar-refractivity contribution is 0.0691. The molecule has 1 saturated heterocycles. The third-order valence-electron chi connectivity index (χ3n) is 4.43. The van der Waals surface area contributed by atoms with Gasteiger partial charge in [-0.25, -0.2) is 23.1 Å². The third kappa shape index (κ3) is 3.79. The van der Waals surface area contributed by atoms with Crippen LogP contribution in [0.4, 0.5) is 24.8 Å². The summed E-state index contributed by atoms with van der Waals surface area (Å²) in [7, 11) is 0. The number of anilines is 2. The van der Waals surface area contributed by atoms with Crippen molar-refractivity contribution >= 4 is 17.5 Å². The van der Waals surface area contributed by atoms with Gasteiger partial charge >= 0.3 is 0 Å². The van der Waals surface area contributed by atoms with Gasteiger partial charge in [-0.15, -0.1) is 0 Å². The number of halogens is 3. The van der Waals surface area contributed by atoms with E-state index in [2.05, 4.69) is 22.2 Å². The third-order valence-corrected chi connectivity index (χ3v) is 4.43. The SMILES string of the molecule is Cc1cc(C(=O)N2CCC(C)CC2)nc(Nc2ccc(F)c(F)c2F)n1. The smallest absolute Gasteiger partial charge is 0.272 e. The highest BCUT2D eigenvalue weighted by Gasteiger charge is 2.23. The lowest BCUT2D eigenvalue weighted by atomic mass is 9.99. The Morgan fingerprint density at radius 3 is 2.54 bits per heavy atom. The molecule has 1 aliphatic heterocycles. The number of carbonyl (C=O) groups is 1. The number of piperidine rings is 1. The summed E-state index contributed by atoms with van der Waals surface area (Å²) in [6, 6.07) is 3.40. The fraction of sp³-hybridized carbons (Fsp3) is 0.389. The van der Waals surface area contributed by atoms with Gasteiger partial charge in [0, 0.05) is 18.8 Å². The van der Waals surface area contributed by atoms with E-state index in [-0.39, 0.29) is 23.2 Å². The number of hydrogen-bond acceptors (Lipinski definition) is 4. The molecular weight excluding hydrogens is 345 g/mol. The zero-order valence-corrected chi connectivity index (χ0v) is 14.5. The summed E-state index contributed by atoms with van der Waals surface area (Å²) in [5.41, 5.74) is 0.372. The second-order valence-corrected chi connectivity index (χ2v) is 6.54. The van der Waals surface area contributed by atoms with E-state index in [0.29, 0.717) is 24.7 Å². The maximum Gasteiger partial charge on any atom is 0.272 e. The summed E-state index contributed by atoms with van der Waals surface area (Å²) in [6.45, 7) is 5.13. The molecule has 0 atom stereocenters. The lowest BCUT2D eigenvalue weighted by Gasteiger charge is -2.30. The summed E-state index contributed by atoms with van der Waals surface area (Å²) >= 11 is 0. The van der Waals surface area contributed by atoms with Crippen LogP contribution in [0.5, 0.6) is 0 Å². The molecule has 0 spiro atoms. The van der Waals surface area contributed by atoms with Crippen molar-refractivity contribution < 1.29 is 18.0 Å². The molecule has 1 N–H and O–H groups in total. The molecule has 0 bridgehead atoms. The van der Waals surface area contributed by atoms with E-state index < -0.39 is 17.5 Å². The normalized spacial score (nSPS) is 15.2. The largest absolute Gasteiger partial charge is 0.337 e. The van der Waals surface area contributed by atoms with Crippen molar-refractivity contribution in [1.29, 1.82) is 0 Å². The van der Waals surface area contributed by atoms with Crippen molar-refractivity contribution in [2.45, 2.75) is 26.7 Å². The molecule has 8 heteroatoms. The number of hydrogen-bond donors (Lipinski definition) is 1. The number of carbonyl (C=O) groups excluding carboxylic acids is 1. The van der Waals surface area contributed by atoms with Crippen LogP contribution in [0.3, 0.4) is 0 Å². The predicted octanol–water partition coefficient (Wildman–Crippen LogP) is 3.82. The van der Waals surface area contributed by atoms with E-state index in [1.807, 2.05) is 0 Å². The fourth-order valence-electron chi connectivity index (χ4n) is 2.85. The quantitative estimate of drug-likeness (QED) is 0.842. The molecule has 0 aliphatic carbocycles. The lowest BCUT2D eigenvalue weighted by Crippen LogP contribution is -2.38. The Morgan fingerprint density at radius 1 is 1.15 bits per heavy atom. The van der Waals surface area contributed by atoms with Gasteiger partial charge in [0.25, 0.3) is 5.91 Å². The number of benzene rings is 1. The summed E-state index contributed by atoms with van der Waals surface area (Å²) < 4.78 is 40.2. The number of aryl methyl sites for hydroxylation is 1. The Bertz CT molecular complexity index is 835. The van der Waals surface area contributed by atoms with Crippen molar-refractivity contribution in [3.63, 3.8) is 0 Å². The van der Waals surface area contributed by atoms with Gasteiger partial charge in [0.1, 0.15) is 5.69 Å². The van der Waals surface area contributed by atoms with E-state index in [1.54, 1.807) is 17.9 Å². The Balaban J connectivity index is 1.84. The molecule has 2 heterocycles. The number of nitrogens with zero attached hydrogens (tertiary/aromatic N) is 3. The second-order valence-electron chi connectivity index (χ2n) is 6.54. The molecule has 1 aromatic carbocycles. The number of nitrogens with one attached hydrogen (secondary N) is 1. The highest BCUT2D eigenvalue weighted by atomic mass is 19.2. The van der Waals surface area contributed by atoms with Gasteiger partial charge in [0.05, 0.1) is 5.69 Å². The van der Waals surface area contributed by atoms with Crippen LogP contribution in [0.1, 0.15) is 35.9 Å². The van der Waals surface area contributed by atoms with Gasteiger partial charge in [-0.1, -0.05) is 6.92 Å². The summed E-state index contributed by atoms with van der Waals surface area (Å²) in [4.78, 5) is 22.6. The van der Waals surface area contributed by atoms with Crippen LogP contribution in [-0.4, -0.2) is 33.9 Å². The summed E-state index contributed by atoms with van der Waals surface area (Å²) in [5.74, 6) is -3.93. The molecule has 1 amide bonds. The van der Waals surface area contributed by atoms with Crippen molar-refractivity contribution in [3.05, 3.63) is 47.0 Å². The molecule has 3 rings (SSSR count). The second kappa shape index (κ2) is 7.31. The molecule has 0 radical (unpaired) electrons. The van der Waals surface area contributed by atoms with Crippen LogP contribution in [-0.2, 0) is 0 Å². The highest BCUT2D eigenvalue weighted by molar-refractivity contribution is 5.92. The molecule has 1 aromatic heterocycles. The van der Waals surface area contributed by atoms with E-state index in [0.717, 1.165) is 25.0 Å². The van der Waals surface area contributed by atoms with E-state index in [4.69, 9.17) is 0 Å². The van der Waals surface area contributed by atoms with E-state index >= 15 is 0 Å². The molecule has 26 heavy (non-hydrogen) atoms. The van der Waals surface area contributed by atoms with E-state index in [9.17, 15) is 18.0 Å². The molecular formula is C18H19F3N4O. The minimum Gasteiger partial charge on any atom is -0.337 e. The Kier molecular flexibility index (Phi) is 5.11. The molecule has 2 aromatic rings. The predicted molar refractivity (Wildman–Crippen MR) is 90.7 cm³/mol. The molecule has 1 fully saturated rings. The van der Waals surface area contributed by atoms with Crippen LogP contribution in [0, 0.1) is 30.3 Å². The van der Waals surface area contributed by atoms with Crippen LogP contribution in [0.15, 0.2) is 18.2 Å². The number of aromatic nitrogens is 2. The van der Waals surface area contributed by atoms with Gasteiger partial charge < -0.3 is 10.2 Å². The average Bonchev–Trinajstić information content (AvgIpc) is 2.62. The molecule has 5 nitrogen and oxygen atoms in total. The van der Waals surface area contributed by atoms with Crippen LogP contribution >= 0.6 is 0 Å². The number of rotatable bonds is 3. The highest BCUT2D eigenvalue weighted by Crippen LogP contribution is 2.23. The number of amides is 1. The van der Waals surface area contributed by atoms with Crippen molar-refractivity contribution in [1.82, 2.24) is 14.9 Å². The standard InChI is InChI=1S/C18H19F3N4O/c1-10-5-7-25(8-6-10)17(26)14-9-11(2)22-18(24-14)23-13-4-3-12(19)15(20)16(13)21/h3-4,9-10H,5-8H2,1-2H3,(H,22,23,24). The van der Waals surface area contributed by atoms with Crippen LogP contribution in [0.25, 0.3) is 0 Å². The van der Waals surface area contributed by atoms with Gasteiger partial charge in [0.2, 0.25) is 5.95 Å². The van der Waals surface area contributed by atoms with E-state index in [1.165, 1.54) is 0 Å². The Labute approximate surface area is 149 Å². The monoisotopic (exact) mass is 364 g/mol. The fourth-order valence-corrected chi connectivity index (χ4v) is 2.85. The maximum atomic E-state index is 13.8. The topological polar surface area (TPSA) is 58.1 Å². The van der Waals surface area contributed by atoms with Crippen molar-refractivity contribution in [3.8, 4) is 0 Å². The summed E-state index contributed by atoms with van der Waals surface area (Å²) in [6.07, 6.45) is 1.86. The van der Waals surface area contributed by atoms with Gasteiger partial charge in [-0.3, -0.25) is 4.79 Å². The van der Waals surface area contributed by atoms with Crippen molar-refractivity contribution in [2.24, 2.45) is 5.92 Å². The van der Waals surface area contributed by atoms with Crippen LogP contribution < -0.4 is 5.32 Å². The van der Waals surface area contributed by atoms with Gasteiger partial charge in [-0.2, -0.15) is 0 Å². The summed E-state index contributed by atoms with van der Waals surface area (Å²) in [5, 5.41) is 2.51. The molecule has 0 unspecified atom stereocenters. The van der Waals surface area contributed by atoms with Crippen molar-refractivity contribution in [2.75, 3.05) is 18.4 Å². The Morgan fingerprint density at radius 2 is 1.85 bits per heavy atom. The van der Waals surface area contributed by atoms with Gasteiger partial charge in [-0.05, 0) is 43.9 Å². The minimum atomic E-state index is -1.58. The minimum absolute atomic E-state index is 0.0522. The first-order valence-electron chi connectivity index (χ1n) is 8.40. The molecule has 0 saturated carbocycles. The molecule has 138 valence electrons. The maximum absolute atomic E-state index is 13.8. The first kappa shape index (κ1) is 18.2. The zero-order chi connectivity index (χ0) is 18.8. The zero-order valence-electron chi connectivity index (χ0n) is 14.5. The first-order valence-corrected chi connectivity index (χ1v) is 8.40. The average molecular weight is 364 g/mol. The molecule has 1 aliphatic rings. The van der Waals surface area contributed by atoms with Gasteiger partial charge in [0.15, 0.2) is 17.5 Å². The van der Waals surface area contributed by atoms with Crippen LogP contribution in [0.2, 0.25) is 0 Å². The number of likely N-dealkylation sites (tertiary alicyclic amines) is 1. The Hall–Kier alpha value is -2.64.